The Hall–Kier alpha value is -2.74. The van der Waals surface area contributed by atoms with Gasteiger partial charge in [-0.25, -0.2) is 0 Å². The molecule has 0 aliphatic heterocycles. The molecule has 3 nitrogen and oxygen atoms in total. The van der Waals surface area contributed by atoms with E-state index in [-0.39, 0.29) is 0 Å². The van der Waals surface area contributed by atoms with E-state index in [2.05, 4.69) is 76.2 Å². The Morgan fingerprint density at radius 3 is 1.05 bits per heavy atom. The Kier molecular flexibility index (Phi) is 19.7. The molecule has 1 N–H and O–H groups in total. The molecule has 56 heavy (non-hydrogen) atoms. The summed E-state index contributed by atoms with van der Waals surface area (Å²) in [6.07, 6.45) is 35.4. The summed E-state index contributed by atoms with van der Waals surface area (Å²) >= 11 is 0. The van der Waals surface area contributed by atoms with Gasteiger partial charge in [0.05, 0.1) is 0 Å². The number of benzene rings is 4. The highest BCUT2D eigenvalue weighted by Crippen LogP contribution is 2.43. The molecule has 4 heteroatoms. The zero-order valence-electron chi connectivity index (χ0n) is 36.1. The molecule has 0 fully saturated rings. The van der Waals surface area contributed by atoms with Gasteiger partial charge in [-0.15, -0.1) is 0 Å². The molecule has 0 bridgehead atoms. The number of rotatable bonds is 28. The van der Waals surface area contributed by atoms with Crippen LogP contribution in [0.3, 0.4) is 0 Å². The van der Waals surface area contributed by atoms with E-state index in [1.165, 1.54) is 198 Å². The van der Waals surface area contributed by atoms with E-state index in [0.29, 0.717) is 0 Å². The van der Waals surface area contributed by atoms with Crippen LogP contribution in [-0.4, -0.2) is 4.89 Å². The monoisotopic (exact) mass is 781 g/mol. The third-order valence-corrected chi connectivity index (χ3v) is 13.0. The highest BCUT2D eigenvalue weighted by Gasteiger charge is 2.18. The maximum atomic E-state index is 11.4. The molecule has 4 aromatic carbocycles. The van der Waals surface area contributed by atoms with Gasteiger partial charge in [-0.1, -0.05) is 193 Å². The predicted molar refractivity (Wildman–Crippen MR) is 247 cm³/mol. The summed E-state index contributed by atoms with van der Waals surface area (Å²) in [5.41, 5.74) is 7.11. The van der Waals surface area contributed by atoms with E-state index in [4.69, 9.17) is 8.39 Å². The number of unbranched alkanes of at least 4 members (excludes halogenated alkanes) is 20. The van der Waals surface area contributed by atoms with Crippen LogP contribution in [0.4, 0.5) is 0 Å². The summed E-state index contributed by atoms with van der Waals surface area (Å²) in [6, 6.07) is 19.0. The number of hydrogen-bond donors (Lipinski definition) is 1. The van der Waals surface area contributed by atoms with Gasteiger partial charge in [-0.3, -0.25) is 4.89 Å². The van der Waals surface area contributed by atoms with Crippen LogP contribution < -0.4 is 0 Å². The van der Waals surface area contributed by atoms with Crippen LogP contribution in [0.15, 0.2) is 56.9 Å². The fourth-order valence-corrected chi connectivity index (χ4v) is 9.68. The van der Waals surface area contributed by atoms with E-state index in [9.17, 15) is 4.89 Å². The van der Waals surface area contributed by atoms with E-state index in [1.54, 1.807) is 0 Å². The highest BCUT2D eigenvalue weighted by molar-refractivity contribution is 7.30. The summed E-state index contributed by atoms with van der Waals surface area (Å²) in [6.45, 7) is 9.17. The molecule has 5 aromatic rings. The van der Waals surface area contributed by atoms with Gasteiger partial charge in [0.15, 0.2) is 0 Å². The SMILES string of the molecule is CCCCCCCCc1ccc2c(c1)c(CCCCCCCC)cc1op(O)oc3cc(CCCCCCCC)c4cc(CCCCCCCC)ccc4c3c12. The molecular weight excluding hydrogens is 704 g/mol. The first-order valence-electron chi connectivity index (χ1n) is 23.6. The Balaban J connectivity index is 1.61. The third-order valence-electron chi connectivity index (χ3n) is 12.3. The average Bonchev–Trinajstić information content (AvgIpc) is 3.35. The maximum Gasteiger partial charge on any atom is 0.384 e. The minimum Gasteiger partial charge on any atom is -0.399 e. The van der Waals surface area contributed by atoms with E-state index >= 15 is 0 Å². The van der Waals surface area contributed by atoms with Gasteiger partial charge >= 0.3 is 8.24 Å². The van der Waals surface area contributed by atoms with Gasteiger partial charge in [-0.05, 0) is 107 Å². The lowest BCUT2D eigenvalue weighted by Crippen LogP contribution is -1.95. The van der Waals surface area contributed by atoms with Crippen LogP contribution in [0.25, 0.3) is 43.5 Å². The van der Waals surface area contributed by atoms with Crippen LogP contribution in [0.5, 0.6) is 0 Å². The second-order valence-electron chi connectivity index (χ2n) is 17.1. The Labute approximate surface area is 342 Å². The Morgan fingerprint density at radius 1 is 0.375 bits per heavy atom. The molecule has 0 radical (unpaired) electrons. The van der Waals surface area contributed by atoms with Gasteiger partial charge in [0.2, 0.25) is 0 Å². The summed E-state index contributed by atoms with van der Waals surface area (Å²) in [5, 5.41) is 7.34. The van der Waals surface area contributed by atoms with Crippen LogP contribution in [0.1, 0.15) is 204 Å². The second-order valence-corrected chi connectivity index (χ2v) is 17.9. The molecule has 5 rings (SSSR count). The average molecular weight is 781 g/mol. The van der Waals surface area contributed by atoms with Crippen molar-refractivity contribution < 1.29 is 13.3 Å². The predicted octanol–water partition coefficient (Wildman–Crippen LogP) is 18.0. The van der Waals surface area contributed by atoms with Crippen LogP contribution in [0.2, 0.25) is 0 Å². The van der Waals surface area contributed by atoms with Crippen LogP contribution in [-0.2, 0) is 25.7 Å². The lowest BCUT2D eigenvalue weighted by Gasteiger charge is -2.14. The van der Waals surface area contributed by atoms with Gasteiger partial charge in [-0.2, -0.15) is 0 Å². The summed E-state index contributed by atoms with van der Waals surface area (Å²) in [5.74, 6) is 0. The van der Waals surface area contributed by atoms with Crippen molar-refractivity contribution in [2.24, 2.45) is 0 Å². The molecular formula is C52H77O3P. The van der Waals surface area contributed by atoms with Gasteiger partial charge < -0.3 is 8.39 Å². The smallest absolute Gasteiger partial charge is 0.384 e. The normalized spacial score (nSPS) is 11.9. The number of aryl methyl sites for hydroxylation is 4. The number of fused-ring (bicyclic) bond motifs is 7. The first kappa shape index (κ1) is 44.4. The van der Waals surface area contributed by atoms with E-state index < -0.39 is 8.24 Å². The fraction of sp³-hybridized carbons (Fsp3) is 0.615. The first-order chi connectivity index (χ1) is 27.6. The standard InChI is InChI=1S/C52H77O3P/c1-5-9-13-17-21-25-29-41-33-35-45-47(37-41)43(31-27-23-19-15-11-7-3)39-49-51(45)52-46-36-34-42(30-26-22-18-14-10-6-2)38-48(46)44(32-28-24-20-16-12-8-4)40-50(52)55-56(53)54-49/h33-40,53H,5-32H2,1-4H3. The Morgan fingerprint density at radius 2 is 0.696 bits per heavy atom. The molecule has 1 heterocycles. The second kappa shape index (κ2) is 24.9. The lowest BCUT2D eigenvalue weighted by molar-refractivity contribution is 0.495. The van der Waals surface area contributed by atoms with Crippen molar-refractivity contribution in [3.63, 3.8) is 0 Å². The molecule has 308 valence electrons. The largest absolute Gasteiger partial charge is 0.399 e. The van der Waals surface area contributed by atoms with Crippen molar-refractivity contribution in [3.8, 4) is 0 Å². The quantitative estimate of drug-likeness (QED) is 0.0514. The van der Waals surface area contributed by atoms with Crippen LogP contribution >= 0.6 is 8.24 Å². The summed E-state index contributed by atoms with van der Waals surface area (Å²) < 4.78 is 12.9. The zero-order valence-corrected chi connectivity index (χ0v) is 37.0. The highest BCUT2D eigenvalue weighted by atomic mass is 31.1. The van der Waals surface area contributed by atoms with Crippen LogP contribution in [0, 0.1) is 0 Å². The first-order valence-corrected chi connectivity index (χ1v) is 24.7. The summed E-state index contributed by atoms with van der Waals surface area (Å²) in [7, 11) is -2.11. The molecule has 0 amide bonds. The molecule has 0 unspecified atom stereocenters. The minimum atomic E-state index is -2.11. The molecule has 1 aromatic heterocycles. The van der Waals surface area contributed by atoms with Gasteiger partial charge in [0.25, 0.3) is 0 Å². The van der Waals surface area contributed by atoms with E-state index in [0.717, 1.165) is 47.6 Å². The van der Waals surface area contributed by atoms with Crippen molar-refractivity contribution >= 4 is 51.7 Å². The van der Waals surface area contributed by atoms with Crippen molar-refractivity contribution in [2.45, 2.75) is 207 Å². The molecule has 0 aliphatic carbocycles. The molecule has 0 spiro atoms. The molecule has 0 saturated carbocycles. The Bertz CT molecular complexity index is 1800. The third kappa shape index (κ3) is 13.1. The van der Waals surface area contributed by atoms with Gasteiger partial charge in [0.1, 0.15) is 11.2 Å². The van der Waals surface area contributed by atoms with Crippen molar-refractivity contribution in [1.29, 1.82) is 0 Å². The molecule has 0 saturated heterocycles. The van der Waals surface area contributed by atoms with Crippen molar-refractivity contribution in [1.82, 2.24) is 0 Å². The lowest BCUT2D eigenvalue weighted by atomic mass is 9.89. The van der Waals surface area contributed by atoms with E-state index in [1.807, 2.05) is 0 Å². The van der Waals surface area contributed by atoms with Gasteiger partial charge in [0, 0.05) is 10.8 Å². The zero-order chi connectivity index (χ0) is 39.4. The van der Waals surface area contributed by atoms with Crippen molar-refractivity contribution in [2.75, 3.05) is 0 Å². The minimum absolute atomic E-state index is 0.774. The maximum absolute atomic E-state index is 11.4. The molecule has 0 atom stereocenters. The topological polar surface area (TPSA) is 46.5 Å². The fourth-order valence-electron chi connectivity index (χ4n) is 9.01. The summed E-state index contributed by atoms with van der Waals surface area (Å²) in [4.78, 5) is 11.4. The number of hydrogen-bond acceptors (Lipinski definition) is 3. The van der Waals surface area contributed by atoms with Crippen molar-refractivity contribution in [3.05, 3.63) is 70.8 Å². The molecule has 0 aliphatic rings.